The van der Waals surface area contributed by atoms with Crippen LogP contribution in [0, 0.1) is 10.8 Å². The van der Waals surface area contributed by atoms with Crippen LogP contribution in [-0.2, 0) is 32.6 Å². The van der Waals surface area contributed by atoms with Crippen LogP contribution in [0.15, 0.2) is 5.18 Å². The van der Waals surface area contributed by atoms with Gasteiger partial charge in [-0.15, -0.1) is 0 Å². The number of hydrogen-bond acceptors (Lipinski definition) is 9. The highest BCUT2D eigenvalue weighted by molar-refractivity contribution is 7.58. The van der Waals surface area contributed by atoms with Gasteiger partial charge in [0, 0.05) is 12.3 Å². The Balaban J connectivity index is 3.54. The van der Waals surface area contributed by atoms with Crippen molar-refractivity contribution in [1.82, 2.24) is 0 Å². The van der Waals surface area contributed by atoms with Crippen molar-refractivity contribution >= 4 is 15.0 Å². The van der Waals surface area contributed by atoms with Gasteiger partial charge in [-0.2, -0.15) is 4.91 Å². The second-order valence-electron chi connectivity index (χ2n) is 8.10. The normalized spacial score (nSPS) is 16.8. The Kier molecular flexibility index (Phi) is 18.0. The molecule has 0 spiro atoms. The third-order valence-electron chi connectivity index (χ3n) is 4.19. The van der Waals surface area contributed by atoms with E-state index < -0.39 is 26.7 Å². The number of rotatable bonds is 22. The first-order valence-electron chi connectivity index (χ1n) is 10.9. The van der Waals surface area contributed by atoms with E-state index in [1.807, 2.05) is 13.8 Å². The Labute approximate surface area is 191 Å². The smallest absolute Gasteiger partial charge is 0.330 e. The zero-order chi connectivity index (χ0) is 24.5. The zero-order valence-corrected chi connectivity index (χ0v) is 21.5. The minimum Gasteiger partial charge on any atom is -0.377 e. The van der Waals surface area contributed by atoms with Crippen LogP contribution in [0.5, 0.6) is 0 Å². The molecule has 13 heteroatoms. The lowest BCUT2D eigenvalue weighted by atomic mass is 10.2. The van der Waals surface area contributed by atoms with Crippen molar-refractivity contribution in [2.24, 2.45) is 11.1 Å². The van der Waals surface area contributed by atoms with E-state index in [1.54, 1.807) is 13.8 Å². The molecule has 0 aromatic heterocycles. The number of nitroso groups, excluding NO2 is 1. The first kappa shape index (κ1) is 31.8. The molecule has 11 nitrogen and oxygen atoms in total. The summed E-state index contributed by atoms with van der Waals surface area (Å²) in [5.41, 5.74) is -0.444. The molecule has 0 aromatic carbocycles. The van der Waals surface area contributed by atoms with Crippen LogP contribution in [0.1, 0.15) is 34.1 Å². The lowest BCUT2D eigenvalue weighted by Gasteiger charge is -2.16. The van der Waals surface area contributed by atoms with Gasteiger partial charge in [-0.1, -0.05) is 32.9 Å². The average molecular weight is 505 g/mol. The minimum absolute atomic E-state index is 0.0484. The molecular formula is C19H41NO10P2. The molecule has 0 amide bonds. The molecular weight excluding hydrogens is 464 g/mol. The van der Waals surface area contributed by atoms with E-state index in [9.17, 15) is 23.8 Å². The van der Waals surface area contributed by atoms with E-state index in [0.29, 0.717) is 33.0 Å². The van der Waals surface area contributed by atoms with Gasteiger partial charge in [-0.25, -0.2) is 0 Å². The van der Waals surface area contributed by atoms with Crippen molar-refractivity contribution in [3.8, 4) is 0 Å². The largest absolute Gasteiger partial charge is 0.377 e. The second-order valence-corrected chi connectivity index (χ2v) is 13.0. The standard InChI is InChI=1S/C19H41NO10P2/c1-17(2)16-31(22,23)14-5-19(20-21)15-29-11-10-27-7-6-26-8-9-28-12-13-30-32(24,25)18(3)4/h17-19H,5-16H2,1-4H3,(H,22,23)(H,24,25). The van der Waals surface area contributed by atoms with Crippen LogP contribution in [-0.4, -0.2) is 93.3 Å². The van der Waals surface area contributed by atoms with Gasteiger partial charge in [-0.05, 0) is 12.3 Å². The average Bonchev–Trinajstić information content (AvgIpc) is 2.69. The van der Waals surface area contributed by atoms with Crippen molar-refractivity contribution in [2.45, 2.75) is 45.8 Å². The Hall–Kier alpha value is -0.220. The quantitative estimate of drug-likeness (QED) is 0.128. The van der Waals surface area contributed by atoms with E-state index >= 15 is 0 Å². The van der Waals surface area contributed by atoms with Crippen molar-refractivity contribution in [1.29, 1.82) is 0 Å². The molecule has 2 N–H and O–H groups in total. The molecule has 0 radical (unpaired) electrons. The highest BCUT2D eigenvalue weighted by Crippen LogP contribution is 2.46. The predicted molar refractivity (Wildman–Crippen MR) is 123 cm³/mol. The fourth-order valence-corrected chi connectivity index (χ4v) is 5.09. The molecule has 0 aliphatic rings. The summed E-state index contributed by atoms with van der Waals surface area (Å²) >= 11 is 0. The van der Waals surface area contributed by atoms with Gasteiger partial charge >= 0.3 is 7.60 Å². The molecule has 3 unspecified atom stereocenters. The topological polar surface area (TPSA) is 150 Å². The summed E-state index contributed by atoms with van der Waals surface area (Å²) < 4.78 is 49.7. The molecule has 32 heavy (non-hydrogen) atoms. The lowest BCUT2D eigenvalue weighted by molar-refractivity contribution is -0.00608. The summed E-state index contributed by atoms with van der Waals surface area (Å²) in [6, 6.07) is -0.647. The Morgan fingerprint density at radius 3 is 1.69 bits per heavy atom. The molecule has 0 aliphatic heterocycles. The fourth-order valence-electron chi connectivity index (χ4n) is 2.43. The maximum atomic E-state index is 12.0. The van der Waals surface area contributed by atoms with Crippen LogP contribution in [0.4, 0.5) is 0 Å². The van der Waals surface area contributed by atoms with E-state index in [-0.39, 0.29) is 51.1 Å². The van der Waals surface area contributed by atoms with Crippen LogP contribution in [0.2, 0.25) is 0 Å². The molecule has 192 valence electrons. The third-order valence-corrected chi connectivity index (χ3v) is 8.31. The van der Waals surface area contributed by atoms with Crippen LogP contribution in [0.25, 0.3) is 0 Å². The van der Waals surface area contributed by atoms with Gasteiger partial charge in [-0.3, -0.25) is 9.13 Å². The zero-order valence-electron chi connectivity index (χ0n) is 19.7. The monoisotopic (exact) mass is 505 g/mol. The molecule has 0 bridgehead atoms. The maximum absolute atomic E-state index is 12.0. The van der Waals surface area contributed by atoms with Crippen molar-refractivity contribution in [3.63, 3.8) is 0 Å². The van der Waals surface area contributed by atoms with Gasteiger partial charge in [0.25, 0.3) is 0 Å². The molecule has 0 aromatic rings. The Bertz CT molecular complexity index is 576. The first-order chi connectivity index (χ1) is 15.0. The number of hydrogen-bond donors (Lipinski definition) is 2. The van der Waals surface area contributed by atoms with E-state index in [0.717, 1.165) is 0 Å². The highest BCUT2D eigenvalue weighted by atomic mass is 31.2. The van der Waals surface area contributed by atoms with E-state index in [1.165, 1.54) is 0 Å². The maximum Gasteiger partial charge on any atom is 0.330 e. The highest BCUT2D eigenvalue weighted by Gasteiger charge is 2.24. The SMILES string of the molecule is CC(C)CP(=O)(O)CCC(COCCOCCOCCOCCOP(=O)(O)C(C)C)N=O. The van der Waals surface area contributed by atoms with Gasteiger partial charge < -0.3 is 33.3 Å². The summed E-state index contributed by atoms with van der Waals surface area (Å²) in [6.07, 6.45) is 0.528. The second kappa shape index (κ2) is 18.2. The molecule has 0 aliphatic carbocycles. The van der Waals surface area contributed by atoms with Crippen molar-refractivity contribution in [3.05, 3.63) is 4.91 Å². The summed E-state index contributed by atoms with van der Waals surface area (Å²) in [5.74, 6) is 0.121. The molecule has 0 saturated heterocycles. The molecule has 0 heterocycles. The van der Waals surface area contributed by atoms with Crippen molar-refractivity contribution in [2.75, 3.05) is 71.8 Å². The molecule has 0 fully saturated rings. The molecule has 0 saturated carbocycles. The molecule has 3 atom stereocenters. The third kappa shape index (κ3) is 18.2. The van der Waals surface area contributed by atoms with Gasteiger partial charge in [0.15, 0.2) is 0 Å². The molecule has 0 rings (SSSR count). The summed E-state index contributed by atoms with van der Waals surface area (Å²) in [4.78, 5) is 30.2. The minimum atomic E-state index is -3.55. The predicted octanol–water partition coefficient (Wildman–Crippen LogP) is 3.11. The van der Waals surface area contributed by atoms with Crippen molar-refractivity contribution < 1.29 is 42.4 Å². The van der Waals surface area contributed by atoms with E-state index in [2.05, 4.69) is 5.18 Å². The fraction of sp³-hybridized carbons (Fsp3) is 1.00. The van der Waals surface area contributed by atoms with Crippen LogP contribution in [0.3, 0.4) is 0 Å². The summed E-state index contributed by atoms with van der Waals surface area (Å²) in [6.45, 7) is 9.39. The summed E-state index contributed by atoms with van der Waals surface area (Å²) in [5, 5.41) is 2.97. The van der Waals surface area contributed by atoms with E-state index in [4.69, 9.17) is 23.5 Å². The Morgan fingerprint density at radius 1 is 0.781 bits per heavy atom. The van der Waals surface area contributed by atoms with Gasteiger partial charge in [0.05, 0.1) is 65.1 Å². The lowest BCUT2D eigenvalue weighted by Crippen LogP contribution is -2.18. The first-order valence-corrected chi connectivity index (χ1v) is 14.6. The number of nitrogens with zero attached hydrogens (tertiary/aromatic N) is 1. The number of ether oxygens (including phenoxy) is 4. The Morgan fingerprint density at radius 2 is 1.25 bits per heavy atom. The summed E-state index contributed by atoms with van der Waals surface area (Å²) in [7, 11) is -6.78. The van der Waals surface area contributed by atoms with Gasteiger partial charge in [0.2, 0.25) is 7.37 Å². The van der Waals surface area contributed by atoms with Crippen LogP contribution >= 0.6 is 15.0 Å². The van der Waals surface area contributed by atoms with Gasteiger partial charge in [0.1, 0.15) is 6.04 Å². The van der Waals surface area contributed by atoms with Crippen LogP contribution < -0.4 is 0 Å².